The van der Waals surface area contributed by atoms with Crippen LogP contribution in [0, 0.1) is 17.8 Å². The summed E-state index contributed by atoms with van der Waals surface area (Å²) in [4.78, 5) is 11.7. The molecule has 2 saturated carbocycles. The Bertz CT molecular complexity index is 234. The first kappa shape index (κ1) is 10.9. The monoisotopic (exact) mass is 211 g/mol. The predicted octanol–water partition coefficient (Wildman–Crippen LogP) is 1.31. The van der Waals surface area contributed by atoms with Crippen LogP contribution in [0.2, 0.25) is 0 Å². The molecule has 0 heterocycles. The van der Waals surface area contributed by atoms with Crippen LogP contribution >= 0.6 is 0 Å². The smallest absolute Gasteiger partial charge is 0.223 e. The van der Waals surface area contributed by atoms with E-state index in [0.717, 1.165) is 25.2 Å². The molecule has 0 aliphatic heterocycles. The summed E-state index contributed by atoms with van der Waals surface area (Å²) >= 11 is 0. The molecule has 3 heteroatoms. The van der Waals surface area contributed by atoms with E-state index in [9.17, 15) is 4.79 Å². The summed E-state index contributed by atoms with van der Waals surface area (Å²) in [6.07, 6.45) is 5.61. The molecule has 2 aliphatic carbocycles. The van der Waals surface area contributed by atoms with E-state index in [1.54, 1.807) is 0 Å². The summed E-state index contributed by atoms with van der Waals surface area (Å²) in [5.41, 5.74) is 0. The van der Waals surface area contributed by atoms with Gasteiger partial charge in [0.05, 0.1) is 0 Å². The number of hydrogen-bond acceptors (Lipinski definition) is 2. The lowest BCUT2D eigenvalue weighted by Gasteiger charge is -2.26. The van der Waals surface area contributed by atoms with Crippen molar-refractivity contribution < 1.29 is 9.90 Å². The van der Waals surface area contributed by atoms with Crippen LogP contribution in [0.15, 0.2) is 0 Å². The Labute approximate surface area is 91.2 Å². The van der Waals surface area contributed by atoms with E-state index in [1.165, 1.54) is 12.8 Å². The molecule has 0 aromatic rings. The summed E-state index contributed by atoms with van der Waals surface area (Å²) in [6, 6.07) is 0.397. The third-order valence-electron chi connectivity index (χ3n) is 3.86. The van der Waals surface area contributed by atoms with Gasteiger partial charge in [0.2, 0.25) is 5.91 Å². The number of carbonyl (C=O) groups excluding carboxylic acids is 1. The largest absolute Gasteiger partial charge is 0.396 e. The van der Waals surface area contributed by atoms with Crippen LogP contribution in [-0.4, -0.2) is 23.7 Å². The molecule has 15 heavy (non-hydrogen) atoms. The van der Waals surface area contributed by atoms with Gasteiger partial charge in [-0.05, 0) is 43.9 Å². The highest BCUT2D eigenvalue weighted by Gasteiger charge is 2.42. The quantitative estimate of drug-likeness (QED) is 0.739. The number of aliphatic hydroxyl groups excluding tert-OH is 1. The van der Waals surface area contributed by atoms with Crippen molar-refractivity contribution in [2.75, 3.05) is 6.61 Å². The SMILES string of the molecule is C[C@H]1CC[C@H](NC(=O)[C@@H]2C[C@H]2CO)CC1. The van der Waals surface area contributed by atoms with E-state index in [2.05, 4.69) is 12.2 Å². The summed E-state index contributed by atoms with van der Waals surface area (Å²) in [5, 5.41) is 12.0. The lowest BCUT2D eigenvalue weighted by atomic mass is 9.87. The van der Waals surface area contributed by atoms with E-state index in [1.807, 2.05) is 0 Å². The fraction of sp³-hybridized carbons (Fsp3) is 0.917. The molecule has 0 aromatic heterocycles. The maximum Gasteiger partial charge on any atom is 0.223 e. The molecule has 3 nitrogen and oxygen atoms in total. The summed E-state index contributed by atoms with van der Waals surface area (Å²) in [6.45, 7) is 2.44. The normalized spacial score (nSPS) is 39.9. The van der Waals surface area contributed by atoms with E-state index < -0.39 is 0 Å². The number of aliphatic hydroxyl groups is 1. The molecule has 1 amide bonds. The van der Waals surface area contributed by atoms with Gasteiger partial charge < -0.3 is 10.4 Å². The van der Waals surface area contributed by atoms with Crippen molar-refractivity contribution in [3.05, 3.63) is 0 Å². The van der Waals surface area contributed by atoms with Gasteiger partial charge in [-0.3, -0.25) is 4.79 Å². The third kappa shape index (κ3) is 2.71. The molecule has 2 N–H and O–H groups in total. The minimum atomic E-state index is 0.106. The molecule has 86 valence electrons. The van der Waals surface area contributed by atoms with Gasteiger partial charge in [-0.15, -0.1) is 0 Å². The van der Waals surface area contributed by atoms with E-state index in [-0.39, 0.29) is 24.3 Å². The number of carbonyl (C=O) groups is 1. The van der Waals surface area contributed by atoms with Gasteiger partial charge in [0, 0.05) is 18.6 Å². The van der Waals surface area contributed by atoms with Gasteiger partial charge in [0.1, 0.15) is 0 Å². The first-order valence-electron chi connectivity index (χ1n) is 6.12. The minimum absolute atomic E-state index is 0.106. The zero-order valence-corrected chi connectivity index (χ0v) is 9.41. The molecular formula is C12H21NO2. The lowest BCUT2D eigenvalue weighted by Crippen LogP contribution is -2.38. The fourth-order valence-electron chi connectivity index (χ4n) is 2.48. The zero-order chi connectivity index (χ0) is 10.8. The molecule has 0 unspecified atom stereocenters. The van der Waals surface area contributed by atoms with Gasteiger partial charge in [-0.25, -0.2) is 0 Å². The van der Waals surface area contributed by atoms with Crippen molar-refractivity contribution >= 4 is 5.91 Å². The average Bonchev–Trinajstić information content (AvgIpc) is 3.00. The highest BCUT2D eigenvalue weighted by Crippen LogP contribution is 2.38. The van der Waals surface area contributed by atoms with Crippen LogP contribution in [0.4, 0.5) is 0 Å². The average molecular weight is 211 g/mol. The number of rotatable bonds is 3. The Morgan fingerprint density at radius 2 is 2.00 bits per heavy atom. The third-order valence-corrected chi connectivity index (χ3v) is 3.86. The Morgan fingerprint density at radius 1 is 1.33 bits per heavy atom. The Kier molecular flexibility index (Phi) is 3.29. The van der Waals surface area contributed by atoms with E-state index in [0.29, 0.717) is 6.04 Å². The van der Waals surface area contributed by atoms with Gasteiger partial charge in [0.25, 0.3) is 0 Å². The molecule has 0 saturated heterocycles. The predicted molar refractivity (Wildman–Crippen MR) is 58.2 cm³/mol. The standard InChI is InChI=1S/C12H21NO2/c1-8-2-4-10(5-3-8)13-12(15)11-6-9(11)7-14/h8-11,14H,2-7H2,1H3,(H,13,15)/t8-,9-,10-,11+/m0/s1. The Balaban J connectivity index is 1.71. The molecular weight excluding hydrogens is 190 g/mol. The topological polar surface area (TPSA) is 49.3 Å². The van der Waals surface area contributed by atoms with Crippen LogP contribution in [-0.2, 0) is 4.79 Å². The summed E-state index contributed by atoms with van der Waals surface area (Å²) in [5.74, 6) is 1.35. The molecule has 0 radical (unpaired) electrons. The van der Waals surface area contributed by atoms with Crippen molar-refractivity contribution in [1.82, 2.24) is 5.32 Å². The van der Waals surface area contributed by atoms with Gasteiger partial charge in [-0.2, -0.15) is 0 Å². The second-order valence-corrected chi connectivity index (χ2v) is 5.25. The van der Waals surface area contributed by atoms with Crippen LogP contribution in [0.1, 0.15) is 39.0 Å². The number of amides is 1. The second kappa shape index (κ2) is 4.52. The lowest BCUT2D eigenvalue weighted by molar-refractivity contribution is -0.123. The first-order valence-corrected chi connectivity index (χ1v) is 6.12. The number of hydrogen-bond donors (Lipinski definition) is 2. The van der Waals surface area contributed by atoms with E-state index in [4.69, 9.17) is 5.11 Å². The summed E-state index contributed by atoms with van der Waals surface area (Å²) in [7, 11) is 0. The maximum absolute atomic E-state index is 11.7. The maximum atomic E-state index is 11.7. The highest BCUT2D eigenvalue weighted by atomic mass is 16.3. The molecule has 0 bridgehead atoms. The van der Waals surface area contributed by atoms with Crippen LogP contribution in [0.25, 0.3) is 0 Å². The molecule has 0 spiro atoms. The Morgan fingerprint density at radius 3 is 2.53 bits per heavy atom. The molecule has 2 rings (SSSR count). The minimum Gasteiger partial charge on any atom is -0.396 e. The Hall–Kier alpha value is -0.570. The van der Waals surface area contributed by atoms with Crippen LogP contribution < -0.4 is 5.32 Å². The van der Waals surface area contributed by atoms with Crippen molar-refractivity contribution in [2.24, 2.45) is 17.8 Å². The first-order chi connectivity index (χ1) is 7.20. The van der Waals surface area contributed by atoms with Crippen molar-refractivity contribution in [3.8, 4) is 0 Å². The molecule has 2 aliphatic rings. The molecule has 2 atom stereocenters. The highest BCUT2D eigenvalue weighted by molar-refractivity contribution is 5.81. The number of nitrogens with one attached hydrogen (secondary N) is 1. The second-order valence-electron chi connectivity index (χ2n) is 5.25. The van der Waals surface area contributed by atoms with Crippen molar-refractivity contribution in [3.63, 3.8) is 0 Å². The van der Waals surface area contributed by atoms with Crippen LogP contribution in [0.3, 0.4) is 0 Å². The van der Waals surface area contributed by atoms with Gasteiger partial charge >= 0.3 is 0 Å². The van der Waals surface area contributed by atoms with Crippen LogP contribution in [0.5, 0.6) is 0 Å². The molecule has 0 aromatic carbocycles. The van der Waals surface area contributed by atoms with Gasteiger partial charge in [-0.1, -0.05) is 6.92 Å². The zero-order valence-electron chi connectivity index (χ0n) is 9.41. The van der Waals surface area contributed by atoms with Crippen molar-refractivity contribution in [1.29, 1.82) is 0 Å². The van der Waals surface area contributed by atoms with Gasteiger partial charge in [0.15, 0.2) is 0 Å². The fourth-order valence-corrected chi connectivity index (χ4v) is 2.48. The van der Waals surface area contributed by atoms with E-state index >= 15 is 0 Å². The molecule has 2 fully saturated rings. The van der Waals surface area contributed by atoms with Crippen molar-refractivity contribution in [2.45, 2.75) is 45.1 Å². The summed E-state index contributed by atoms with van der Waals surface area (Å²) < 4.78 is 0.